The van der Waals surface area contributed by atoms with Crippen molar-refractivity contribution >= 4 is 28.3 Å². The Labute approximate surface area is 161 Å². The van der Waals surface area contributed by atoms with Gasteiger partial charge in [-0.3, -0.25) is 14.9 Å². The summed E-state index contributed by atoms with van der Waals surface area (Å²) >= 11 is 1.32. The second kappa shape index (κ2) is 6.78. The smallest absolute Gasteiger partial charge is 0.293 e. The van der Waals surface area contributed by atoms with Gasteiger partial charge in [0.2, 0.25) is 5.91 Å². The fraction of sp³-hybridized carbons (Fsp3) is 0.550. The maximum Gasteiger partial charge on any atom is 0.293 e. The molecule has 3 fully saturated rings. The fourth-order valence-corrected chi connectivity index (χ4v) is 6.37. The van der Waals surface area contributed by atoms with Crippen LogP contribution in [-0.4, -0.2) is 22.8 Å². The van der Waals surface area contributed by atoms with Crippen molar-refractivity contribution in [2.45, 2.75) is 44.6 Å². The minimum absolute atomic E-state index is 0.0382. The molecule has 0 unspecified atom stereocenters. The van der Waals surface area contributed by atoms with E-state index in [0.717, 1.165) is 24.2 Å². The summed E-state index contributed by atoms with van der Waals surface area (Å²) in [6, 6.07) is 3.61. The third kappa shape index (κ3) is 3.18. The summed E-state index contributed by atoms with van der Waals surface area (Å²) in [7, 11) is 0. The number of carbonyl (C=O) groups is 2. The lowest BCUT2D eigenvalue weighted by Gasteiger charge is -2.32. The van der Waals surface area contributed by atoms with E-state index in [2.05, 4.69) is 15.6 Å². The van der Waals surface area contributed by atoms with Crippen LogP contribution in [0.25, 0.3) is 0 Å². The summed E-state index contributed by atoms with van der Waals surface area (Å²) < 4.78 is 5.07. The maximum absolute atomic E-state index is 12.5. The molecule has 3 aliphatic carbocycles. The van der Waals surface area contributed by atoms with Crippen LogP contribution in [0.1, 0.15) is 48.4 Å². The minimum Gasteiger partial charge on any atom is -0.459 e. The summed E-state index contributed by atoms with van der Waals surface area (Å²) in [5.74, 6) is 3.24. The van der Waals surface area contributed by atoms with Crippen LogP contribution in [0.5, 0.6) is 0 Å². The number of fused-ring (bicyclic) bond motifs is 5. The number of carbonyl (C=O) groups excluding carboxylic acids is 2. The number of rotatable bonds is 5. The molecule has 0 saturated heterocycles. The largest absolute Gasteiger partial charge is 0.459 e. The number of nitrogens with one attached hydrogen (secondary N) is 2. The normalized spacial score (nSPS) is 31.0. The summed E-state index contributed by atoms with van der Waals surface area (Å²) in [5.41, 5.74) is 0.689. The van der Waals surface area contributed by atoms with Crippen molar-refractivity contribution in [3.8, 4) is 0 Å². The Hall–Kier alpha value is -2.15. The van der Waals surface area contributed by atoms with E-state index in [1.807, 2.05) is 5.38 Å². The molecule has 2 N–H and O–H groups in total. The van der Waals surface area contributed by atoms with Crippen LogP contribution >= 0.6 is 11.3 Å². The van der Waals surface area contributed by atoms with E-state index in [9.17, 15) is 9.59 Å². The zero-order valence-corrected chi connectivity index (χ0v) is 15.8. The number of anilines is 1. The van der Waals surface area contributed by atoms with E-state index in [4.69, 9.17) is 4.42 Å². The van der Waals surface area contributed by atoms with Crippen molar-refractivity contribution < 1.29 is 14.0 Å². The van der Waals surface area contributed by atoms with Gasteiger partial charge in [0.15, 0.2) is 10.9 Å². The molecule has 6 nitrogen and oxygen atoms in total. The van der Waals surface area contributed by atoms with Gasteiger partial charge in [-0.15, -0.1) is 11.3 Å². The summed E-state index contributed by atoms with van der Waals surface area (Å²) in [6.07, 6.45) is 8.29. The molecule has 2 bridgehead atoms. The van der Waals surface area contributed by atoms with Crippen molar-refractivity contribution in [2.24, 2.45) is 23.7 Å². The van der Waals surface area contributed by atoms with Gasteiger partial charge in [-0.25, -0.2) is 4.98 Å². The Morgan fingerprint density at radius 3 is 2.96 bits per heavy atom. The number of nitrogens with zero attached hydrogens (tertiary/aromatic N) is 1. The zero-order chi connectivity index (χ0) is 18.4. The molecule has 7 heteroatoms. The van der Waals surface area contributed by atoms with E-state index in [1.54, 1.807) is 12.1 Å². The highest BCUT2D eigenvalue weighted by molar-refractivity contribution is 7.14. The number of hydrogen-bond acceptors (Lipinski definition) is 5. The van der Waals surface area contributed by atoms with Crippen LogP contribution in [-0.2, 0) is 11.2 Å². The van der Waals surface area contributed by atoms with Gasteiger partial charge in [0.1, 0.15) is 0 Å². The van der Waals surface area contributed by atoms with Crippen molar-refractivity contribution in [1.29, 1.82) is 0 Å². The predicted molar refractivity (Wildman–Crippen MR) is 101 cm³/mol. The third-order valence-corrected chi connectivity index (χ3v) is 7.44. The number of furan rings is 1. The third-order valence-electron chi connectivity index (χ3n) is 6.63. The first-order valence-corrected chi connectivity index (χ1v) is 10.6. The second-order valence-electron chi connectivity index (χ2n) is 8.08. The fourth-order valence-electron chi connectivity index (χ4n) is 5.67. The number of hydrogen-bond donors (Lipinski definition) is 2. The number of amides is 2. The molecule has 3 aliphatic rings. The lowest BCUT2D eigenvalue weighted by Crippen LogP contribution is -2.43. The molecule has 5 rings (SSSR count). The molecule has 2 heterocycles. The van der Waals surface area contributed by atoms with Crippen LogP contribution in [0.15, 0.2) is 28.2 Å². The Balaban J connectivity index is 1.15. The first-order chi connectivity index (χ1) is 13.2. The summed E-state index contributed by atoms with van der Waals surface area (Å²) in [6.45, 7) is 0. The maximum atomic E-state index is 12.5. The molecule has 0 aliphatic heterocycles. The van der Waals surface area contributed by atoms with Crippen LogP contribution < -0.4 is 10.6 Å². The predicted octanol–water partition coefficient (Wildman–Crippen LogP) is 3.47. The summed E-state index contributed by atoms with van der Waals surface area (Å²) in [4.78, 5) is 28.8. The van der Waals surface area contributed by atoms with Crippen LogP contribution in [0.4, 0.5) is 5.13 Å². The van der Waals surface area contributed by atoms with Gasteiger partial charge >= 0.3 is 0 Å². The Bertz CT molecular complexity index is 847. The Morgan fingerprint density at radius 2 is 2.11 bits per heavy atom. The van der Waals surface area contributed by atoms with Crippen molar-refractivity contribution in [2.75, 3.05) is 5.32 Å². The lowest BCUT2D eigenvalue weighted by atomic mass is 9.79. The van der Waals surface area contributed by atoms with E-state index in [1.165, 1.54) is 43.3 Å². The standard InChI is InChI=1S/C20H23N3O3S/c24-18(22-16-8-11-7-15(16)14-4-1-3-13(11)14)9-12-10-27-20(21-12)23-19(25)17-5-2-6-26-17/h2,5-6,10-11,13-16H,1,3-4,7-9H2,(H,22,24)(H,21,23,25)/t11-,13-,14+,15+,16-/m1/s1. The topological polar surface area (TPSA) is 84.2 Å². The number of thiazole rings is 1. The van der Waals surface area contributed by atoms with E-state index in [-0.39, 0.29) is 24.0 Å². The van der Waals surface area contributed by atoms with Gasteiger partial charge in [-0.1, -0.05) is 6.42 Å². The molecule has 2 amide bonds. The molecule has 0 spiro atoms. The summed E-state index contributed by atoms with van der Waals surface area (Å²) in [5, 5.41) is 8.27. The molecule has 27 heavy (non-hydrogen) atoms. The monoisotopic (exact) mass is 385 g/mol. The minimum atomic E-state index is -0.335. The second-order valence-corrected chi connectivity index (χ2v) is 8.94. The van der Waals surface area contributed by atoms with E-state index >= 15 is 0 Å². The van der Waals surface area contributed by atoms with Gasteiger partial charge in [0, 0.05) is 11.4 Å². The van der Waals surface area contributed by atoms with Gasteiger partial charge < -0.3 is 9.73 Å². The average molecular weight is 385 g/mol. The molecule has 0 radical (unpaired) electrons. The number of aromatic nitrogens is 1. The van der Waals surface area contributed by atoms with Crippen molar-refractivity contribution in [3.63, 3.8) is 0 Å². The molecule has 3 saturated carbocycles. The first-order valence-electron chi connectivity index (χ1n) is 9.76. The first kappa shape index (κ1) is 17.0. The average Bonchev–Trinajstić information content (AvgIpc) is 3.43. The zero-order valence-electron chi connectivity index (χ0n) is 15.0. The van der Waals surface area contributed by atoms with Gasteiger partial charge in [-0.05, 0) is 61.5 Å². The van der Waals surface area contributed by atoms with Crippen LogP contribution in [0.2, 0.25) is 0 Å². The highest BCUT2D eigenvalue weighted by Crippen LogP contribution is 2.58. The molecule has 2 aromatic heterocycles. The van der Waals surface area contributed by atoms with Crippen molar-refractivity contribution in [1.82, 2.24) is 10.3 Å². The van der Waals surface area contributed by atoms with Gasteiger partial charge in [0.05, 0.1) is 18.4 Å². The van der Waals surface area contributed by atoms with E-state index < -0.39 is 0 Å². The Kier molecular flexibility index (Phi) is 4.27. The molecular formula is C20H23N3O3S. The van der Waals surface area contributed by atoms with Gasteiger partial charge in [0.25, 0.3) is 5.91 Å². The van der Waals surface area contributed by atoms with Crippen molar-refractivity contribution in [3.05, 3.63) is 35.2 Å². The molecule has 5 atom stereocenters. The lowest BCUT2D eigenvalue weighted by molar-refractivity contribution is -0.121. The molecule has 142 valence electrons. The van der Waals surface area contributed by atoms with E-state index in [0.29, 0.717) is 22.8 Å². The van der Waals surface area contributed by atoms with Crippen LogP contribution in [0.3, 0.4) is 0 Å². The molecular weight excluding hydrogens is 362 g/mol. The quantitative estimate of drug-likeness (QED) is 0.825. The molecule has 2 aromatic rings. The Morgan fingerprint density at radius 1 is 1.22 bits per heavy atom. The van der Waals surface area contributed by atoms with Gasteiger partial charge in [-0.2, -0.15) is 0 Å². The highest BCUT2D eigenvalue weighted by Gasteiger charge is 2.53. The molecule has 0 aromatic carbocycles. The van der Waals surface area contributed by atoms with Crippen LogP contribution in [0, 0.1) is 23.7 Å². The highest BCUT2D eigenvalue weighted by atomic mass is 32.1. The SMILES string of the molecule is O=C(Cc1csc(NC(=O)c2ccco2)n1)N[C@@H]1C[C@H]2C[C@H]1[C@H]1CCC[C@H]21.